The summed E-state index contributed by atoms with van der Waals surface area (Å²) in [5.74, 6) is 0.806. The maximum absolute atomic E-state index is 5.90. The molecule has 0 amide bonds. The number of hydrogen-bond acceptors (Lipinski definition) is 3. The molecule has 0 bridgehead atoms. The van der Waals surface area contributed by atoms with Gasteiger partial charge in [0.25, 0.3) is 0 Å². The van der Waals surface area contributed by atoms with Gasteiger partial charge >= 0.3 is 0 Å². The van der Waals surface area contributed by atoms with Gasteiger partial charge < -0.3 is 15.0 Å². The number of hydrogen-bond donors (Lipinski definition) is 1. The molecule has 3 nitrogen and oxygen atoms in total. The van der Waals surface area contributed by atoms with Crippen LogP contribution in [0, 0.1) is 5.92 Å². The fourth-order valence-electron chi connectivity index (χ4n) is 2.65. The smallest absolute Gasteiger partial charge is 0.0604 e. The van der Waals surface area contributed by atoms with Crippen LogP contribution in [0.5, 0.6) is 0 Å². The van der Waals surface area contributed by atoms with Gasteiger partial charge in [-0.15, -0.1) is 0 Å². The van der Waals surface area contributed by atoms with Crippen LogP contribution in [-0.2, 0) is 4.74 Å². The zero-order valence-corrected chi connectivity index (χ0v) is 13.6. The molecule has 0 aromatic carbocycles. The van der Waals surface area contributed by atoms with Crippen LogP contribution in [0.1, 0.15) is 53.4 Å². The number of nitrogens with zero attached hydrogens (tertiary/aromatic N) is 1. The maximum Gasteiger partial charge on any atom is 0.0604 e. The van der Waals surface area contributed by atoms with E-state index in [1.807, 2.05) is 0 Å². The summed E-state index contributed by atoms with van der Waals surface area (Å²) >= 11 is 0. The van der Waals surface area contributed by atoms with Crippen LogP contribution in [0.25, 0.3) is 0 Å². The summed E-state index contributed by atoms with van der Waals surface area (Å²) in [4.78, 5) is 2.43. The lowest BCUT2D eigenvalue weighted by molar-refractivity contribution is -0.0207. The summed E-state index contributed by atoms with van der Waals surface area (Å²) in [6.45, 7) is 12.3. The van der Waals surface area contributed by atoms with Gasteiger partial charge in [-0.2, -0.15) is 0 Å². The Balaban J connectivity index is 1.92. The maximum atomic E-state index is 5.90. The van der Waals surface area contributed by atoms with E-state index in [1.54, 1.807) is 0 Å². The topological polar surface area (TPSA) is 24.5 Å². The van der Waals surface area contributed by atoms with Crippen LogP contribution < -0.4 is 5.32 Å². The van der Waals surface area contributed by atoms with E-state index in [9.17, 15) is 0 Å². The molecule has 0 saturated heterocycles. The Kier molecular flexibility index (Phi) is 7.96. The first kappa shape index (κ1) is 16.9. The minimum Gasteiger partial charge on any atom is -0.378 e. The Morgan fingerprint density at radius 3 is 2.53 bits per heavy atom. The predicted octanol–water partition coefficient (Wildman–Crippen LogP) is 2.90. The third kappa shape index (κ3) is 7.28. The van der Waals surface area contributed by atoms with Gasteiger partial charge in [0.1, 0.15) is 0 Å². The van der Waals surface area contributed by atoms with Crippen molar-refractivity contribution in [3.63, 3.8) is 0 Å². The largest absolute Gasteiger partial charge is 0.378 e. The molecule has 0 heterocycles. The molecule has 1 fully saturated rings. The van der Waals surface area contributed by atoms with Gasteiger partial charge in [0, 0.05) is 31.8 Å². The fraction of sp³-hybridized carbons (Fsp3) is 1.00. The molecule has 0 radical (unpaired) electrons. The molecule has 0 aromatic rings. The molecule has 0 spiro atoms. The zero-order chi connectivity index (χ0) is 14.3. The first-order valence-electron chi connectivity index (χ1n) is 8.07. The molecule has 19 heavy (non-hydrogen) atoms. The van der Waals surface area contributed by atoms with Crippen LogP contribution >= 0.6 is 0 Å². The highest BCUT2D eigenvalue weighted by molar-refractivity contribution is 4.86. The van der Waals surface area contributed by atoms with Gasteiger partial charge in [-0.25, -0.2) is 0 Å². The van der Waals surface area contributed by atoms with Crippen LogP contribution in [0.3, 0.4) is 0 Å². The number of rotatable bonds is 10. The van der Waals surface area contributed by atoms with Crippen molar-refractivity contribution in [3.05, 3.63) is 0 Å². The fourth-order valence-corrected chi connectivity index (χ4v) is 2.65. The summed E-state index contributed by atoms with van der Waals surface area (Å²) in [5.41, 5.74) is 0. The number of nitrogens with one attached hydrogen (secondary N) is 1. The quantitative estimate of drug-likeness (QED) is 0.618. The monoisotopic (exact) mass is 270 g/mol. The van der Waals surface area contributed by atoms with Crippen molar-refractivity contribution in [2.24, 2.45) is 5.92 Å². The van der Waals surface area contributed by atoms with Gasteiger partial charge in [0.15, 0.2) is 0 Å². The second kappa shape index (κ2) is 8.93. The van der Waals surface area contributed by atoms with Crippen molar-refractivity contribution >= 4 is 0 Å². The summed E-state index contributed by atoms with van der Waals surface area (Å²) in [6.07, 6.45) is 5.33. The zero-order valence-electron chi connectivity index (χ0n) is 13.6. The lowest BCUT2D eigenvalue weighted by Crippen LogP contribution is -2.48. The van der Waals surface area contributed by atoms with E-state index < -0.39 is 0 Å². The molecule has 3 heteroatoms. The standard InChI is InChI=1S/C16H34N2O/c1-6-14(4)12-18(5)8-7-9-19-16-10-15(11-16)17-13(2)3/h13-17H,6-12H2,1-5H3. The first-order valence-corrected chi connectivity index (χ1v) is 8.07. The van der Waals surface area contributed by atoms with E-state index in [2.05, 4.69) is 45.0 Å². The molecule has 1 unspecified atom stereocenters. The van der Waals surface area contributed by atoms with Crippen LogP contribution in [0.15, 0.2) is 0 Å². The Morgan fingerprint density at radius 2 is 1.95 bits per heavy atom. The van der Waals surface area contributed by atoms with Gasteiger partial charge in [0.2, 0.25) is 0 Å². The van der Waals surface area contributed by atoms with E-state index in [1.165, 1.54) is 25.8 Å². The van der Waals surface area contributed by atoms with Gasteiger partial charge in [-0.05, 0) is 32.2 Å². The van der Waals surface area contributed by atoms with Crippen molar-refractivity contribution in [1.82, 2.24) is 10.2 Å². The second-order valence-corrected chi connectivity index (χ2v) is 6.61. The Labute approximate surface area is 120 Å². The second-order valence-electron chi connectivity index (χ2n) is 6.61. The molecule has 114 valence electrons. The minimum atomic E-state index is 0.510. The average molecular weight is 270 g/mol. The van der Waals surface area contributed by atoms with E-state index in [-0.39, 0.29) is 0 Å². The van der Waals surface area contributed by atoms with Crippen LogP contribution in [0.4, 0.5) is 0 Å². The molecule has 0 aromatic heterocycles. The molecule has 1 saturated carbocycles. The Morgan fingerprint density at radius 1 is 1.26 bits per heavy atom. The van der Waals surface area contributed by atoms with Crippen molar-refractivity contribution in [2.75, 3.05) is 26.7 Å². The van der Waals surface area contributed by atoms with Gasteiger partial charge in [-0.1, -0.05) is 34.1 Å². The highest BCUT2D eigenvalue weighted by Crippen LogP contribution is 2.23. The summed E-state index contributed by atoms with van der Waals surface area (Å²) in [5, 5.41) is 3.56. The third-order valence-electron chi connectivity index (χ3n) is 4.02. The number of ether oxygens (including phenoxy) is 1. The molecule has 0 aliphatic heterocycles. The van der Waals surface area contributed by atoms with E-state index in [0.717, 1.165) is 25.5 Å². The SMILES string of the molecule is CCC(C)CN(C)CCCOC1CC(NC(C)C)C1. The molecule has 1 atom stereocenters. The Bertz CT molecular complexity index is 227. The highest BCUT2D eigenvalue weighted by atomic mass is 16.5. The molecular formula is C16H34N2O. The van der Waals surface area contributed by atoms with Crippen LogP contribution in [-0.4, -0.2) is 49.8 Å². The lowest BCUT2D eigenvalue weighted by atomic mass is 9.89. The molecule has 1 aliphatic rings. The minimum absolute atomic E-state index is 0.510. The molecule has 1 rings (SSSR count). The van der Waals surface area contributed by atoms with E-state index in [0.29, 0.717) is 18.2 Å². The average Bonchev–Trinajstić information content (AvgIpc) is 2.29. The molecular weight excluding hydrogens is 236 g/mol. The van der Waals surface area contributed by atoms with Crippen molar-refractivity contribution < 1.29 is 4.74 Å². The lowest BCUT2D eigenvalue weighted by Gasteiger charge is -2.37. The highest BCUT2D eigenvalue weighted by Gasteiger charge is 2.29. The third-order valence-corrected chi connectivity index (χ3v) is 4.02. The first-order chi connectivity index (χ1) is 9.01. The summed E-state index contributed by atoms with van der Waals surface area (Å²) < 4.78 is 5.90. The van der Waals surface area contributed by atoms with E-state index >= 15 is 0 Å². The van der Waals surface area contributed by atoms with Crippen molar-refractivity contribution in [2.45, 2.75) is 71.6 Å². The van der Waals surface area contributed by atoms with E-state index in [4.69, 9.17) is 4.74 Å². The Hall–Kier alpha value is -0.120. The van der Waals surface area contributed by atoms with Crippen molar-refractivity contribution in [3.8, 4) is 0 Å². The molecule has 1 N–H and O–H groups in total. The van der Waals surface area contributed by atoms with Gasteiger partial charge in [-0.3, -0.25) is 0 Å². The molecule has 1 aliphatic carbocycles. The predicted molar refractivity (Wildman–Crippen MR) is 82.6 cm³/mol. The summed E-state index contributed by atoms with van der Waals surface area (Å²) in [7, 11) is 2.22. The summed E-state index contributed by atoms with van der Waals surface area (Å²) in [6, 6.07) is 1.29. The van der Waals surface area contributed by atoms with Gasteiger partial charge in [0.05, 0.1) is 6.10 Å². The van der Waals surface area contributed by atoms with Crippen molar-refractivity contribution in [1.29, 1.82) is 0 Å². The normalized spacial score (nSPS) is 24.8. The van der Waals surface area contributed by atoms with Crippen LogP contribution in [0.2, 0.25) is 0 Å².